The van der Waals surface area contributed by atoms with Gasteiger partial charge in [0.25, 0.3) is 0 Å². The number of carbonyl (C=O) groups is 2. The fourth-order valence-electron chi connectivity index (χ4n) is 7.54. The molecule has 0 heterocycles. The Morgan fingerprint density at radius 2 is 0.618 bits per heavy atom. The zero-order chi connectivity index (χ0) is 40.7. The van der Waals surface area contributed by atoms with Gasteiger partial charge in [-0.3, -0.25) is 9.80 Å². The number of aliphatic carboxylic acids is 2. The third kappa shape index (κ3) is 34.8. The van der Waals surface area contributed by atoms with E-state index in [9.17, 15) is 19.8 Å². The van der Waals surface area contributed by atoms with Crippen LogP contribution in [0, 0.1) is 0 Å². The van der Waals surface area contributed by atoms with E-state index >= 15 is 0 Å². The van der Waals surface area contributed by atoms with Gasteiger partial charge < -0.3 is 19.8 Å². The van der Waals surface area contributed by atoms with Crippen LogP contribution in [0.1, 0.15) is 209 Å². The third-order valence-corrected chi connectivity index (χ3v) is 10.6. The molecule has 0 aromatic carbocycles. The molecule has 316 valence electrons. The molecular formula is C48H88CaN2O4. The molecule has 0 radical (unpaired) electrons. The van der Waals surface area contributed by atoms with Crippen molar-refractivity contribution in [2.24, 2.45) is 0 Å². The van der Waals surface area contributed by atoms with Crippen LogP contribution in [0.3, 0.4) is 0 Å². The normalized spacial score (nSPS) is 14.1. The van der Waals surface area contributed by atoms with Gasteiger partial charge in [-0.2, -0.15) is 0 Å². The fourth-order valence-corrected chi connectivity index (χ4v) is 7.54. The summed E-state index contributed by atoms with van der Waals surface area (Å²) < 4.78 is 0. The van der Waals surface area contributed by atoms with Crippen LogP contribution in [0.4, 0.5) is 0 Å². The summed E-state index contributed by atoms with van der Waals surface area (Å²) in [6, 6.07) is 1.40. The third-order valence-electron chi connectivity index (χ3n) is 10.6. The Balaban J connectivity index is -0.000000966. The molecule has 0 aromatic heterocycles. The van der Waals surface area contributed by atoms with Gasteiger partial charge in [0, 0.05) is 37.3 Å². The Bertz CT molecular complexity index is 830. The molecule has 0 aliphatic carbocycles. The molecule has 0 saturated carbocycles. The maximum Gasteiger partial charge on any atom is 2.00 e. The number of allylic oxidation sites excluding steroid dienone is 8. The van der Waals surface area contributed by atoms with Gasteiger partial charge in [-0.25, -0.2) is 0 Å². The Labute approximate surface area is 372 Å². The molecule has 0 bridgehead atoms. The Hall–Kier alpha value is -0.920. The molecule has 0 N–H and O–H groups in total. The Morgan fingerprint density at radius 3 is 0.782 bits per heavy atom. The second kappa shape index (κ2) is 44.2. The summed E-state index contributed by atoms with van der Waals surface area (Å²) in [6.45, 7) is 17.5. The number of carboxylic acid groups (broad SMARTS) is 2. The molecule has 4 unspecified atom stereocenters. The smallest absolute Gasteiger partial charge is 0.549 e. The Kier molecular flexibility index (Phi) is 46.9. The standard InChI is InChI=1S/2C24H45NO2.Ca/c2*1-5-9-11-13-15-17-19-22(7-3)25(21-24(26)27)23(8-4)20-18-16-14-12-10-6-2;/h2*9-12,22-23H,5-8,13-21H2,1-4H3,(H,26,27);/q;;+2/p-2/b2*11-9+,12-10+;. The number of nitrogens with zero attached hydrogens (tertiary/aromatic N) is 2. The molecule has 0 aliphatic rings. The van der Waals surface area contributed by atoms with Crippen molar-refractivity contribution in [3.63, 3.8) is 0 Å². The number of rotatable bonds is 36. The SMILES string of the molecule is CC/C=C/CCCCC(CC)N(CC(=O)[O-])C(CC)CCCC/C=C/CC.CC/C=C/CCCCC(CC)N(CC(=O)[O-])C(CC)CCCC/C=C/CC.[Ca+2]. The van der Waals surface area contributed by atoms with E-state index in [0.29, 0.717) is 24.2 Å². The first-order valence-corrected chi connectivity index (χ1v) is 22.7. The van der Waals surface area contributed by atoms with E-state index in [1.54, 1.807) is 0 Å². The molecule has 0 aromatic rings. The number of carbonyl (C=O) groups excluding carboxylic acids is 2. The van der Waals surface area contributed by atoms with Crippen LogP contribution in [-0.4, -0.2) is 96.7 Å². The van der Waals surface area contributed by atoms with Crippen molar-refractivity contribution in [2.75, 3.05) is 13.1 Å². The Morgan fingerprint density at radius 1 is 0.400 bits per heavy atom. The largest absolute Gasteiger partial charge is 2.00 e. The van der Waals surface area contributed by atoms with Crippen molar-refractivity contribution in [3.8, 4) is 0 Å². The number of unbranched alkanes of at least 4 members (excludes halogenated alkanes) is 8. The fraction of sp³-hybridized carbons (Fsp3) is 0.792. The van der Waals surface area contributed by atoms with Gasteiger partial charge in [-0.15, -0.1) is 0 Å². The first kappa shape index (κ1) is 58.4. The molecular weight excluding hydrogens is 709 g/mol. The summed E-state index contributed by atoms with van der Waals surface area (Å²) in [4.78, 5) is 27.2. The zero-order valence-electron chi connectivity index (χ0n) is 37.5. The van der Waals surface area contributed by atoms with E-state index in [0.717, 1.165) is 128 Å². The van der Waals surface area contributed by atoms with Gasteiger partial charge in [0.15, 0.2) is 0 Å². The summed E-state index contributed by atoms with van der Waals surface area (Å²) in [6.07, 6.45) is 44.6. The maximum atomic E-state index is 11.4. The van der Waals surface area contributed by atoms with Gasteiger partial charge >= 0.3 is 37.7 Å². The van der Waals surface area contributed by atoms with E-state index < -0.39 is 11.9 Å². The molecule has 0 spiro atoms. The second-order valence-electron chi connectivity index (χ2n) is 15.0. The molecule has 0 rings (SSSR count). The van der Waals surface area contributed by atoms with Crippen LogP contribution >= 0.6 is 0 Å². The monoisotopic (exact) mass is 797 g/mol. The molecule has 7 heteroatoms. The zero-order valence-corrected chi connectivity index (χ0v) is 39.8. The predicted octanol–water partition coefficient (Wildman–Crippen LogP) is 10.9. The minimum absolute atomic E-state index is 0. The number of hydrogen-bond acceptors (Lipinski definition) is 6. The summed E-state index contributed by atoms with van der Waals surface area (Å²) in [7, 11) is 0. The van der Waals surface area contributed by atoms with E-state index in [2.05, 4.69) is 114 Å². The summed E-state index contributed by atoms with van der Waals surface area (Å²) in [5, 5.41) is 22.8. The van der Waals surface area contributed by atoms with Crippen LogP contribution in [0.2, 0.25) is 0 Å². The van der Waals surface area contributed by atoms with Crippen LogP contribution in [0.25, 0.3) is 0 Å². The summed E-state index contributed by atoms with van der Waals surface area (Å²) in [5.41, 5.74) is 0. The van der Waals surface area contributed by atoms with Gasteiger partial charge in [0.05, 0.1) is 11.9 Å². The molecule has 0 saturated heterocycles. The van der Waals surface area contributed by atoms with Crippen molar-refractivity contribution < 1.29 is 19.8 Å². The van der Waals surface area contributed by atoms with Crippen LogP contribution < -0.4 is 10.2 Å². The van der Waals surface area contributed by atoms with Gasteiger partial charge in [0.2, 0.25) is 0 Å². The topological polar surface area (TPSA) is 86.7 Å². The molecule has 0 amide bonds. The first-order valence-electron chi connectivity index (χ1n) is 22.7. The molecule has 4 atom stereocenters. The van der Waals surface area contributed by atoms with Gasteiger partial charge in [0.1, 0.15) is 0 Å². The van der Waals surface area contributed by atoms with Crippen LogP contribution in [-0.2, 0) is 9.59 Å². The molecule has 6 nitrogen and oxygen atoms in total. The minimum Gasteiger partial charge on any atom is -0.549 e. The summed E-state index contributed by atoms with van der Waals surface area (Å²) >= 11 is 0. The number of hydrogen-bond donors (Lipinski definition) is 0. The van der Waals surface area contributed by atoms with E-state index in [4.69, 9.17) is 0 Å². The second-order valence-corrected chi connectivity index (χ2v) is 15.0. The van der Waals surface area contributed by atoms with Crippen molar-refractivity contribution in [1.29, 1.82) is 0 Å². The summed E-state index contributed by atoms with van der Waals surface area (Å²) in [5.74, 6) is -1.88. The van der Waals surface area contributed by atoms with Crippen LogP contribution in [0.15, 0.2) is 48.6 Å². The predicted molar refractivity (Wildman–Crippen MR) is 237 cm³/mol. The van der Waals surface area contributed by atoms with Gasteiger partial charge in [-0.1, -0.05) is 130 Å². The van der Waals surface area contributed by atoms with E-state index in [1.165, 1.54) is 25.7 Å². The number of carboxylic acids is 2. The van der Waals surface area contributed by atoms with Crippen molar-refractivity contribution in [3.05, 3.63) is 48.6 Å². The van der Waals surface area contributed by atoms with Crippen LogP contribution in [0.5, 0.6) is 0 Å². The molecule has 0 fully saturated rings. The minimum atomic E-state index is -0.941. The maximum absolute atomic E-state index is 11.4. The average molecular weight is 797 g/mol. The van der Waals surface area contributed by atoms with E-state index in [1.807, 2.05) is 0 Å². The van der Waals surface area contributed by atoms with Crippen molar-refractivity contribution in [1.82, 2.24) is 9.80 Å². The quantitative estimate of drug-likeness (QED) is 0.0356. The van der Waals surface area contributed by atoms with Crippen molar-refractivity contribution >= 4 is 49.7 Å². The molecule has 0 aliphatic heterocycles. The van der Waals surface area contributed by atoms with Gasteiger partial charge in [-0.05, 0) is 128 Å². The van der Waals surface area contributed by atoms with Crippen molar-refractivity contribution in [2.45, 2.75) is 234 Å². The molecule has 55 heavy (non-hydrogen) atoms. The van der Waals surface area contributed by atoms with E-state index in [-0.39, 0.29) is 50.8 Å². The first-order chi connectivity index (χ1) is 26.2. The average Bonchev–Trinajstić information content (AvgIpc) is 3.16.